The van der Waals surface area contributed by atoms with Crippen LogP contribution in [-0.2, 0) is 4.79 Å². The molecular formula is C30H46O3. The molecule has 4 aliphatic rings. The standard InChI is InChI=1S/C30H46O3/c1-19(2)9-8-10-20(26(32)33)21-13-17-30(7)23-11-12-24-27(3,4)25(31)15-16-28(24,5)22(23)14-18-29(21,30)6/h9,11,14,20-21,24-25,31H,8,10,12-13,15-18H2,1-7H3,(H,32,33)/t20-,21-,24+,25+,28-,29-,30+/m1/s1. The minimum atomic E-state index is -0.616. The van der Waals surface area contributed by atoms with E-state index in [4.69, 9.17) is 0 Å². The number of carboxylic acids is 1. The molecule has 4 aliphatic carbocycles. The van der Waals surface area contributed by atoms with Gasteiger partial charge in [-0.3, -0.25) is 4.79 Å². The van der Waals surface area contributed by atoms with E-state index in [1.807, 2.05) is 0 Å². The van der Waals surface area contributed by atoms with Crippen molar-refractivity contribution in [1.82, 2.24) is 0 Å². The highest BCUT2D eigenvalue weighted by atomic mass is 16.4. The van der Waals surface area contributed by atoms with Crippen LogP contribution in [0.1, 0.15) is 99.8 Å². The van der Waals surface area contributed by atoms with E-state index in [-0.39, 0.29) is 39.6 Å². The van der Waals surface area contributed by atoms with Crippen LogP contribution in [0.2, 0.25) is 0 Å². The highest BCUT2D eigenvalue weighted by Crippen LogP contribution is 2.71. The first kappa shape index (κ1) is 24.8. The summed E-state index contributed by atoms with van der Waals surface area (Å²) in [4.78, 5) is 12.4. The summed E-state index contributed by atoms with van der Waals surface area (Å²) in [5.74, 6) is -0.238. The van der Waals surface area contributed by atoms with Crippen molar-refractivity contribution in [2.24, 2.45) is 39.4 Å². The van der Waals surface area contributed by atoms with Crippen molar-refractivity contribution in [1.29, 1.82) is 0 Å². The Morgan fingerprint density at radius 1 is 1.09 bits per heavy atom. The smallest absolute Gasteiger partial charge is 0.306 e. The number of rotatable bonds is 5. The number of aliphatic carboxylic acids is 1. The van der Waals surface area contributed by atoms with E-state index < -0.39 is 5.97 Å². The van der Waals surface area contributed by atoms with Crippen molar-refractivity contribution < 1.29 is 15.0 Å². The second kappa shape index (κ2) is 8.11. The van der Waals surface area contributed by atoms with Gasteiger partial charge in [0.15, 0.2) is 0 Å². The molecule has 0 bridgehead atoms. The van der Waals surface area contributed by atoms with E-state index in [0.717, 1.165) is 51.4 Å². The zero-order valence-electron chi connectivity index (χ0n) is 22.0. The lowest BCUT2D eigenvalue weighted by Gasteiger charge is -2.61. The van der Waals surface area contributed by atoms with Gasteiger partial charge in [0.05, 0.1) is 12.0 Å². The van der Waals surface area contributed by atoms with Crippen LogP contribution in [-0.4, -0.2) is 22.3 Å². The van der Waals surface area contributed by atoms with Crippen LogP contribution in [0.15, 0.2) is 34.9 Å². The van der Waals surface area contributed by atoms with Crippen molar-refractivity contribution in [3.8, 4) is 0 Å². The fourth-order valence-electron chi connectivity index (χ4n) is 8.73. The van der Waals surface area contributed by atoms with Crippen molar-refractivity contribution in [2.45, 2.75) is 106 Å². The van der Waals surface area contributed by atoms with Crippen LogP contribution in [0, 0.1) is 39.4 Å². The Hall–Kier alpha value is -1.35. The molecule has 0 saturated heterocycles. The van der Waals surface area contributed by atoms with Crippen molar-refractivity contribution in [2.75, 3.05) is 0 Å². The number of carboxylic acid groups (broad SMARTS) is 1. The van der Waals surface area contributed by atoms with Gasteiger partial charge in [-0.2, -0.15) is 0 Å². The minimum absolute atomic E-state index is 0.0245. The van der Waals surface area contributed by atoms with Gasteiger partial charge in [-0.25, -0.2) is 0 Å². The van der Waals surface area contributed by atoms with E-state index in [2.05, 4.69) is 66.7 Å². The summed E-state index contributed by atoms with van der Waals surface area (Å²) in [5.41, 5.74) is 4.32. The number of allylic oxidation sites excluding steroid dienone is 6. The van der Waals surface area contributed by atoms with Crippen molar-refractivity contribution >= 4 is 5.97 Å². The molecule has 4 rings (SSSR count). The van der Waals surface area contributed by atoms with E-state index in [1.54, 1.807) is 0 Å². The molecule has 3 heteroatoms. The monoisotopic (exact) mass is 454 g/mol. The highest BCUT2D eigenvalue weighted by Gasteiger charge is 2.63. The average Bonchev–Trinajstić information content (AvgIpc) is 3.00. The maximum absolute atomic E-state index is 12.4. The maximum atomic E-state index is 12.4. The molecule has 0 spiro atoms. The summed E-state index contributed by atoms with van der Waals surface area (Å²) in [5, 5.41) is 21.0. The summed E-state index contributed by atoms with van der Waals surface area (Å²) < 4.78 is 0. The molecule has 0 aromatic carbocycles. The number of fused-ring (bicyclic) bond motifs is 5. The summed E-state index contributed by atoms with van der Waals surface area (Å²) >= 11 is 0. The quantitative estimate of drug-likeness (QED) is 0.428. The summed E-state index contributed by atoms with van der Waals surface area (Å²) in [6.45, 7) is 16.0. The Morgan fingerprint density at radius 3 is 2.42 bits per heavy atom. The third-order valence-electron chi connectivity index (χ3n) is 11.1. The number of carbonyl (C=O) groups is 1. The topological polar surface area (TPSA) is 57.5 Å². The molecule has 2 saturated carbocycles. The van der Waals surface area contributed by atoms with Gasteiger partial charge >= 0.3 is 5.97 Å². The van der Waals surface area contributed by atoms with Crippen LogP contribution in [0.4, 0.5) is 0 Å². The average molecular weight is 455 g/mol. The Kier molecular flexibility index (Phi) is 6.08. The Bertz CT molecular complexity index is 904. The van der Waals surface area contributed by atoms with Gasteiger partial charge < -0.3 is 10.2 Å². The second-order valence-corrected chi connectivity index (χ2v) is 13.2. The van der Waals surface area contributed by atoms with E-state index >= 15 is 0 Å². The van der Waals surface area contributed by atoms with Crippen LogP contribution >= 0.6 is 0 Å². The molecule has 0 heterocycles. The number of aliphatic hydroxyl groups is 1. The maximum Gasteiger partial charge on any atom is 0.306 e. The Balaban J connectivity index is 1.70. The zero-order chi connectivity index (χ0) is 24.4. The molecule has 0 aromatic heterocycles. The lowest BCUT2D eigenvalue weighted by molar-refractivity contribution is -0.146. The van der Waals surface area contributed by atoms with E-state index in [0.29, 0.717) is 5.92 Å². The first-order chi connectivity index (χ1) is 15.3. The number of hydrogen-bond donors (Lipinski definition) is 2. The highest BCUT2D eigenvalue weighted by molar-refractivity contribution is 5.71. The summed E-state index contributed by atoms with van der Waals surface area (Å²) in [7, 11) is 0. The largest absolute Gasteiger partial charge is 0.481 e. The third-order valence-corrected chi connectivity index (χ3v) is 11.1. The molecule has 0 amide bonds. The van der Waals surface area contributed by atoms with Gasteiger partial charge in [0.1, 0.15) is 0 Å². The fourth-order valence-corrected chi connectivity index (χ4v) is 8.73. The second-order valence-electron chi connectivity index (χ2n) is 13.2. The fraction of sp³-hybridized carbons (Fsp3) is 0.767. The van der Waals surface area contributed by atoms with Crippen LogP contribution in [0.3, 0.4) is 0 Å². The van der Waals surface area contributed by atoms with Crippen LogP contribution in [0.25, 0.3) is 0 Å². The van der Waals surface area contributed by atoms with E-state index in [1.165, 1.54) is 16.7 Å². The molecule has 2 N–H and O–H groups in total. The Labute approximate surface area is 201 Å². The lowest BCUT2D eigenvalue weighted by atomic mass is 9.44. The van der Waals surface area contributed by atoms with Gasteiger partial charge in [-0.15, -0.1) is 0 Å². The predicted molar refractivity (Wildman–Crippen MR) is 135 cm³/mol. The van der Waals surface area contributed by atoms with E-state index in [9.17, 15) is 15.0 Å². The molecule has 2 fully saturated rings. The zero-order valence-corrected chi connectivity index (χ0v) is 22.0. The molecule has 0 unspecified atom stereocenters. The normalized spacial score (nSPS) is 42.2. The van der Waals surface area contributed by atoms with Crippen LogP contribution in [0.5, 0.6) is 0 Å². The SMILES string of the molecule is CC(C)=CCC[C@@H](C(=O)O)[C@H]1CC[C@@]2(C)C3=CC[C@H]4C(C)(C)[C@@H](O)CC[C@]4(C)C3=CC[C@]12C. The van der Waals surface area contributed by atoms with Gasteiger partial charge in [0.25, 0.3) is 0 Å². The van der Waals surface area contributed by atoms with Crippen molar-refractivity contribution in [3.05, 3.63) is 34.9 Å². The first-order valence-corrected chi connectivity index (χ1v) is 13.2. The first-order valence-electron chi connectivity index (χ1n) is 13.2. The lowest BCUT2D eigenvalue weighted by Crippen LogP contribution is -2.54. The third kappa shape index (κ3) is 3.51. The molecule has 0 aromatic rings. The molecule has 184 valence electrons. The molecule has 7 atom stereocenters. The van der Waals surface area contributed by atoms with Gasteiger partial charge in [-0.05, 0) is 110 Å². The molecule has 3 nitrogen and oxygen atoms in total. The minimum Gasteiger partial charge on any atom is -0.481 e. The molecule has 33 heavy (non-hydrogen) atoms. The molecule has 0 aliphatic heterocycles. The molecule has 0 radical (unpaired) electrons. The molecular weight excluding hydrogens is 408 g/mol. The number of aliphatic hydroxyl groups excluding tert-OH is 1. The summed E-state index contributed by atoms with van der Waals surface area (Å²) in [6.07, 6.45) is 14.5. The summed E-state index contributed by atoms with van der Waals surface area (Å²) in [6, 6.07) is 0. The Morgan fingerprint density at radius 2 is 1.79 bits per heavy atom. The van der Waals surface area contributed by atoms with Gasteiger partial charge in [0.2, 0.25) is 0 Å². The van der Waals surface area contributed by atoms with Gasteiger partial charge in [0, 0.05) is 0 Å². The van der Waals surface area contributed by atoms with Crippen LogP contribution < -0.4 is 0 Å². The predicted octanol–water partition coefficient (Wildman–Crippen LogP) is 7.32. The van der Waals surface area contributed by atoms with Gasteiger partial charge in [-0.1, -0.05) is 58.4 Å². The number of hydrogen-bond acceptors (Lipinski definition) is 2. The van der Waals surface area contributed by atoms with Crippen molar-refractivity contribution in [3.63, 3.8) is 0 Å².